The van der Waals surface area contributed by atoms with Crippen molar-refractivity contribution in [2.24, 2.45) is 7.05 Å². The molecule has 0 amide bonds. The Balaban J connectivity index is 1.93. The van der Waals surface area contributed by atoms with E-state index in [4.69, 9.17) is 5.11 Å². The van der Waals surface area contributed by atoms with Gasteiger partial charge in [-0.1, -0.05) is 11.8 Å². The summed E-state index contributed by atoms with van der Waals surface area (Å²) >= 11 is 3.43. The highest BCUT2D eigenvalue weighted by Gasteiger charge is 2.01. The number of aliphatic hydroxyl groups is 1. The minimum atomic E-state index is -0.0856. The van der Waals surface area contributed by atoms with Gasteiger partial charge in [-0.15, -0.1) is 23.1 Å². The zero-order chi connectivity index (χ0) is 12.1. The molecule has 2 aromatic heterocycles. The molecular formula is C12H12N2OS2. The number of nitrogens with zero attached hydrogens (tertiary/aromatic N) is 2. The lowest BCUT2D eigenvalue weighted by atomic mass is 10.4. The summed E-state index contributed by atoms with van der Waals surface area (Å²) in [5.41, 5.74) is 0. The fourth-order valence-corrected chi connectivity index (χ4v) is 3.12. The Hall–Kier alpha value is -1.22. The maximum atomic E-state index is 8.61. The first-order valence-corrected chi connectivity index (χ1v) is 6.88. The Bertz CT molecular complexity index is 548. The van der Waals surface area contributed by atoms with Gasteiger partial charge in [-0.3, -0.25) is 4.68 Å². The van der Waals surface area contributed by atoms with Crippen molar-refractivity contribution in [2.45, 2.75) is 10.6 Å². The molecule has 0 atom stereocenters. The molecule has 17 heavy (non-hydrogen) atoms. The van der Waals surface area contributed by atoms with Crippen LogP contribution < -0.4 is 0 Å². The van der Waals surface area contributed by atoms with Gasteiger partial charge in [-0.25, -0.2) is 0 Å². The summed E-state index contributed by atoms with van der Waals surface area (Å²) < 4.78 is 1.80. The van der Waals surface area contributed by atoms with Crippen LogP contribution in [-0.2, 0) is 12.8 Å². The summed E-state index contributed by atoms with van der Waals surface area (Å²) in [6, 6.07) is 4.07. The predicted octanol–water partition coefficient (Wildman–Crippen LogP) is 2.12. The van der Waals surface area contributed by atoms with E-state index in [-0.39, 0.29) is 6.61 Å². The Labute approximate surface area is 108 Å². The van der Waals surface area contributed by atoms with E-state index < -0.39 is 0 Å². The van der Waals surface area contributed by atoms with Crippen LogP contribution in [-0.4, -0.2) is 21.5 Å². The second kappa shape index (κ2) is 5.92. The third-order valence-electron chi connectivity index (χ3n) is 2.01. The standard InChI is InChI=1S/C12H12N2OS2/c1-14-8-12(7-13-14)16-9-11-5-4-10(17-11)3-2-6-15/h4-5,7-8,15H,6,9H2,1H3. The van der Waals surface area contributed by atoms with Crippen molar-refractivity contribution in [1.29, 1.82) is 0 Å². The summed E-state index contributed by atoms with van der Waals surface area (Å²) in [5, 5.41) is 12.7. The molecule has 0 unspecified atom stereocenters. The lowest BCUT2D eigenvalue weighted by Crippen LogP contribution is -1.83. The number of aromatic nitrogens is 2. The highest BCUT2D eigenvalue weighted by atomic mass is 32.2. The van der Waals surface area contributed by atoms with Crippen LogP contribution in [0.5, 0.6) is 0 Å². The van der Waals surface area contributed by atoms with Crippen molar-refractivity contribution in [3.8, 4) is 11.8 Å². The fourth-order valence-electron chi connectivity index (χ4n) is 1.28. The van der Waals surface area contributed by atoms with Gasteiger partial charge in [0.2, 0.25) is 0 Å². The molecule has 0 fully saturated rings. The lowest BCUT2D eigenvalue weighted by Gasteiger charge is -1.93. The van der Waals surface area contributed by atoms with E-state index in [1.165, 1.54) is 9.77 Å². The number of rotatable bonds is 3. The summed E-state index contributed by atoms with van der Waals surface area (Å²) in [7, 11) is 1.91. The number of thiophene rings is 1. The summed E-state index contributed by atoms with van der Waals surface area (Å²) in [5.74, 6) is 6.49. The minimum absolute atomic E-state index is 0.0856. The van der Waals surface area contributed by atoms with Gasteiger partial charge >= 0.3 is 0 Å². The van der Waals surface area contributed by atoms with Crippen molar-refractivity contribution in [1.82, 2.24) is 9.78 Å². The smallest absolute Gasteiger partial charge is 0.104 e. The fraction of sp³-hybridized carbons (Fsp3) is 0.250. The van der Waals surface area contributed by atoms with E-state index in [1.54, 1.807) is 27.8 Å². The Kier molecular flexibility index (Phi) is 4.26. The number of hydrogen-bond donors (Lipinski definition) is 1. The maximum Gasteiger partial charge on any atom is 0.104 e. The third-order valence-corrected chi connectivity index (χ3v) is 4.20. The second-order valence-electron chi connectivity index (χ2n) is 3.36. The number of aliphatic hydroxyl groups excluding tert-OH is 1. The van der Waals surface area contributed by atoms with E-state index in [0.717, 1.165) is 10.6 Å². The molecule has 0 radical (unpaired) electrons. The van der Waals surface area contributed by atoms with E-state index in [1.807, 2.05) is 25.5 Å². The number of thioether (sulfide) groups is 1. The van der Waals surface area contributed by atoms with E-state index in [2.05, 4.69) is 23.0 Å². The highest BCUT2D eigenvalue weighted by molar-refractivity contribution is 7.98. The Morgan fingerprint density at radius 2 is 2.41 bits per heavy atom. The van der Waals surface area contributed by atoms with Gasteiger partial charge < -0.3 is 5.11 Å². The molecule has 0 aliphatic carbocycles. The molecule has 0 saturated heterocycles. The molecule has 0 aliphatic rings. The predicted molar refractivity (Wildman–Crippen MR) is 71.1 cm³/mol. The molecule has 0 aliphatic heterocycles. The summed E-state index contributed by atoms with van der Waals surface area (Å²) in [4.78, 5) is 3.45. The molecule has 2 heterocycles. The van der Waals surface area contributed by atoms with Gasteiger partial charge in [0.25, 0.3) is 0 Å². The van der Waals surface area contributed by atoms with Crippen LogP contribution in [0.1, 0.15) is 9.75 Å². The van der Waals surface area contributed by atoms with Crippen LogP contribution in [0.3, 0.4) is 0 Å². The van der Waals surface area contributed by atoms with Crippen molar-refractivity contribution >= 4 is 23.1 Å². The van der Waals surface area contributed by atoms with Gasteiger partial charge in [-0.05, 0) is 12.1 Å². The zero-order valence-corrected chi connectivity index (χ0v) is 11.0. The van der Waals surface area contributed by atoms with Crippen molar-refractivity contribution in [3.05, 3.63) is 34.3 Å². The zero-order valence-electron chi connectivity index (χ0n) is 9.38. The lowest BCUT2D eigenvalue weighted by molar-refractivity contribution is 0.350. The first-order valence-electron chi connectivity index (χ1n) is 5.08. The molecule has 88 valence electrons. The monoisotopic (exact) mass is 264 g/mol. The Morgan fingerprint density at radius 1 is 1.53 bits per heavy atom. The third kappa shape index (κ3) is 3.63. The highest BCUT2D eigenvalue weighted by Crippen LogP contribution is 2.26. The number of aryl methyl sites for hydroxylation is 1. The molecule has 2 rings (SSSR count). The van der Waals surface area contributed by atoms with Crippen LogP contribution in [0.25, 0.3) is 0 Å². The summed E-state index contributed by atoms with van der Waals surface area (Å²) in [6.45, 7) is -0.0856. The van der Waals surface area contributed by atoms with Gasteiger partial charge in [0.05, 0.1) is 11.1 Å². The molecule has 2 aromatic rings. The van der Waals surface area contributed by atoms with E-state index in [0.29, 0.717) is 0 Å². The number of hydrogen-bond acceptors (Lipinski definition) is 4. The topological polar surface area (TPSA) is 38.0 Å². The summed E-state index contributed by atoms with van der Waals surface area (Å²) in [6.07, 6.45) is 3.87. The van der Waals surface area contributed by atoms with E-state index >= 15 is 0 Å². The van der Waals surface area contributed by atoms with Crippen molar-refractivity contribution < 1.29 is 5.11 Å². The van der Waals surface area contributed by atoms with Crippen LogP contribution >= 0.6 is 23.1 Å². The minimum Gasteiger partial charge on any atom is -0.384 e. The molecule has 0 aromatic carbocycles. The molecule has 0 bridgehead atoms. The normalized spacial score (nSPS) is 10.0. The molecule has 0 saturated carbocycles. The van der Waals surface area contributed by atoms with Crippen LogP contribution in [0.2, 0.25) is 0 Å². The first-order chi connectivity index (χ1) is 8.28. The van der Waals surface area contributed by atoms with E-state index in [9.17, 15) is 0 Å². The molecule has 1 N–H and O–H groups in total. The SMILES string of the molecule is Cn1cc(SCc2ccc(C#CCO)s2)cn1. The molecule has 3 nitrogen and oxygen atoms in total. The largest absolute Gasteiger partial charge is 0.384 e. The Morgan fingerprint density at radius 3 is 3.12 bits per heavy atom. The van der Waals surface area contributed by atoms with Gasteiger partial charge in [0.1, 0.15) is 6.61 Å². The quantitative estimate of drug-likeness (QED) is 0.681. The van der Waals surface area contributed by atoms with Crippen LogP contribution in [0.15, 0.2) is 29.4 Å². The molecule has 5 heteroatoms. The molecular weight excluding hydrogens is 252 g/mol. The van der Waals surface area contributed by atoms with Crippen molar-refractivity contribution in [3.63, 3.8) is 0 Å². The van der Waals surface area contributed by atoms with Gasteiger partial charge in [-0.2, -0.15) is 5.10 Å². The first kappa shape index (κ1) is 12.2. The van der Waals surface area contributed by atoms with Crippen molar-refractivity contribution in [2.75, 3.05) is 6.61 Å². The average Bonchev–Trinajstić information content (AvgIpc) is 2.93. The van der Waals surface area contributed by atoms with Crippen LogP contribution in [0.4, 0.5) is 0 Å². The molecule has 0 spiro atoms. The van der Waals surface area contributed by atoms with Gasteiger partial charge in [0.15, 0.2) is 0 Å². The average molecular weight is 264 g/mol. The maximum absolute atomic E-state index is 8.61. The van der Waals surface area contributed by atoms with Crippen LogP contribution in [0, 0.1) is 11.8 Å². The van der Waals surface area contributed by atoms with Gasteiger partial charge in [0, 0.05) is 28.8 Å². The second-order valence-corrected chi connectivity index (χ2v) is 5.58.